The Labute approximate surface area is 143 Å². The number of amides is 2. The van der Waals surface area contributed by atoms with Gasteiger partial charge in [-0.15, -0.1) is 11.8 Å². The predicted molar refractivity (Wildman–Crippen MR) is 94.7 cm³/mol. The molecular formula is C18H26N2O2S. The molecule has 2 amide bonds. The van der Waals surface area contributed by atoms with Crippen LogP contribution in [0.25, 0.3) is 0 Å². The minimum Gasteiger partial charge on any atom is -0.346 e. The van der Waals surface area contributed by atoms with Crippen molar-refractivity contribution in [1.29, 1.82) is 0 Å². The first-order chi connectivity index (χ1) is 10.9. The second kappa shape index (κ2) is 7.86. The maximum atomic E-state index is 11.9. The van der Waals surface area contributed by atoms with Gasteiger partial charge in [-0.25, -0.2) is 0 Å². The minimum absolute atomic E-state index is 0.0235. The lowest BCUT2D eigenvalue weighted by Gasteiger charge is -2.19. The van der Waals surface area contributed by atoms with Crippen molar-refractivity contribution < 1.29 is 9.59 Å². The number of thioether (sulfide) groups is 1. The highest BCUT2D eigenvalue weighted by molar-refractivity contribution is 8.00. The van der Waals surface area contributed by atoms with E-state index in [9.17, 15) is 9.59 Å². The van der Waals surface area contributed by atoms with Gasteiger partial charge in [-0.1, -0.05) is 32.9 Å². The molecule has 1 fully saturated rings. The molecule has 126 valence electrons. The fourth-order valence-corrected chi connectivity index (χ4v) is 3.23. The van der Waals surface area contributed by atoms with Crippen molar-refractivity contribution in [1.82, 2.24) is 10.2 Å². The summed E-state index contributed by atoms with van der Waals surface area (Å²) in [5.41, 5.74) is 1.42. The molecule has 0 radical (unpaired) electrons. The Balaban J connectivity index is 1.72. The van der Waals surface area contributed by atoms with E-state index >= 15 is 0 Å². The molecule has 1 saturated heterocycles. The van der Waals surface area contributed by atoms with Crippen LogP contribution in [0.2, 0.25) is 0 Å². The highest BCUT2D eigenvalue weighted by atomic mass is 32.2. The molecule has 0 unspecified atom stereocenters. The van der Waals surface area contributed by atoms with Crippen LogP contribution >= 0.6 is 11.8 Å². The predicted octanol–water partition coefficient (Wildman–Crippen LogP) is 2.81. The van der Waals surface area contributed by atoms with Crippen LogP contribution < -0.4 is 5.32 Å². The van der Waals surface area contributed by atoms with Gasteiger partial charge in [-0.3, -0.25) is 9.59 Å². The zero-order chi connectivity index (χ0) is 16.9. The second-order valence-corrected chi connectivity index (χ2v) is 7.98. The maximum Gasteiger partial charge on any atom is 0.241 e. The van der Waals surface area contributed by atoms with Crippen molar-refractivity contribution in [2.24, 2.45) is 0 Å². The average Bonchev–Trinajstić information content (AvgIpc) is 3.04. The maximum absolute atomic E-state index is 11.9. The quantitative estimate of drug-likeness (QED) is 0.843. The first-order valence-corrected chi connectivity index (χ1v) is 9.12. The van der Waals surface area contributed by atoms with Gasteiger partial charge >= 0.3 is 0 Å². The zero-order valence-corrected chi connectivity index (χ0v) is 15.0. The lowest BCUT2D eigenvalue weighted by Crippen LogP contribution is -2.39. The number of nitrogens with zero attached hydrogens (tertiary/aromatic N) is 1. The molecule has 1 aliphatic rings. The molecule has 1 aliphatic heterocycles. The molecule has 4 nitrogen and oxygen atoms in total. The van der Waals surface area contributed by atoms with Crippen molar-refractivity contribution in [3.8, 4) is 0 Å². The van der Waals surface area contributed by atoms with Gasteiger partial charge in [0.2, 0.25) is 11.8 Å². The van der Waals surface area contributed by atoms with E-state index < -0.39 is 0 Å². The Hall–Kier alpha value is -1.49. The minimum atomic E-state index is -0.0950. The lowest BCUT2D eigenvalue weighted by molar-refractivity contribution is -0.131. The molecule has 1 heterocycles. The molecule has 23 heavy (non-hydrogen) atoms. The topological polar surface area (TPSA) is 49.4 Å². The van der Waals surface area contributed by atoms with Crippen LogP contribution in [0.3, 0.4) is 0 Å². The summed E-state index contributed by atoms with van der Waals surface area (Å²) in [6.45, 7) is 8.30. The van der Waals surface area contributed by atoms with Crippen molar-refractivity contribution in [3.05, 3.63) is 29.8 Å². The van der Waals surface area contributed by atoms with Crippen LogP contribution in [0, 0.1) is 0 Å². The Morgan fingerprint density at radius 1 is 1.13 bits per heavy atom. The molecule has 1 aromatic carbocycles. The van der Waals surface area contributed by atoms with Crippen molar-refractivity contribution in [2.45, 2.75) is 43.9 Å². The number of carbonyl (C=O) groups is 2. The van der Waals surface area contributed by atoms with Crippen LogP contribution in [0.1, 0.15) is 39.2 Å². The smallest absolute Gasteiger partial charge is 0.241 e. The van der Waals surface area contributed by atoms with E-state index in [4.69, 9.17) is 0 Å². The van der Waals surface area contributed by atoms with Gasteiger partial charge in [-0.05, 0) is 36.0 Å². The number of hydrogen-bond acceptors (Lipinski definition) is 3. The van der Waals surface area contributed by atoms with Crippen molar-refractivity contribution >= 4 is 23.6 Å². The molecule has 0 aromatic heterocycles. The Morgan fingerprint density at radius 2 is 1.74 bits per heavy atom. The summed E-state index contributed by atoms with van der Waals surface area (Å²) in [6, 6.07) is 8.32. The van der Waals surface area contributed by atoms with E-state index in [1.54, 1.807) is 0 Å². The van der Waals surface area contributed by atoms with E-state index in [1.165, 1.54) is 17.3 Å². The standard InChI is InChI=1S/C18H26N2O2S/c1-18(2,3)14-6-8-15(9-7-14)23-13-16(21)19-12-17(22)20-10-4-5-11-20/h6-9H,4-5,10-13H2,1-3H3,(H,19,21). The van der Waals surface area contributed by atoms with Crippen LogP contribution in [0.15, 0.2) is 29.2 Å². The summed E-state index contributed by atoms with van der Waals surface area (Å²) in [4.78, 5) is 26.6. The highest BCUT2D eigenvalue weighted by Gasteiger charge is 2.18. The molecule has 0 atom stereocenters. The van der Waals surface area contributed by atoms with E-state index in [0.29, 0.717) is 5.75 Å². The summed E-state index contributed by atoms with van der Waals surface area (Å²) >= 11 is 1.49. The normalized spacial score (nSPS) is 14.8. The van der Waals surface area contributed by atoms with Crippen molar-refractivity contribution in [3.63, 3.8) is 0 Å². The van der Waals surface area contributed by atoms with Gasteiger partial charge in [0.05, 0.1) is 12.3 Å². The molecule has 0 bridgehead atoms. The van der Waals surface area contributed by atoms with Crippen LogP contribution in [-0.4, -0.2) is 42.1 Å². The monoisotopic (exact) mass is 334 g/mol. The molecule has 0 aliphatic carbocycles. The SMILES string of the molecule is CC(C)(C)c1ccc(SCC(=O)NCC(=O)N2CCCC2)cc1. The number of hydrogen-bond donors (Lipinski definition) is 1. The number of likely N-dealkylation sites (tertiary alicyclic amines) is 1. The lowest BCUT2D eigenvalue weighted by atomic mass is 9.87. The average molecular weight is 334 g/mol. The summed E-state index contributed by atoms with van der Waals surface area (Å²) in [7, 11) is 0. The molecular weight excluding hydrogens is 308 g/mol. The largest absolute Gasteiger partial charge is 0.346 e. The molecule has 0 spiro atoms. The summed E-state index contributed by atoms with van der Waals surface area (Å²) in [5, 5.41) is 2.71. The van der Waals surface area contributed by atoms with Gasteiger partial charge in [0.15, 0.2) is 0 Å². The first-order valence-electron chi connectivity index (χ1n) is 8.14. The van der Waals surface area contributed by atoms with Gasteiger partial charge in [0.1, 0.15) is 0 Å². The first kappa shape index (κ1) is 17.9. The van der Waals surface area contributed by atoms with Gasteiger partial charge in [0.25, 0.3) is 0 Å². The van der Waals surface area contributed by atoms with Crippen LogP contribution in [0.4, 0.5) is 0 Å². The Kier molecular flexibility index (Phi) is 6.10. The summed E-state index contributed by atoms with van der Waals surface area (Å²) in [6.07, 6.45) is 2.14. The van der Waals surface area contributed by atoms with Crippen molar-refractivity contribution in [2.75, 3.05) is 25.4 Å². The van der Waals surface area contributed by atoms with Gasteiger partial charge in [-0.2, -0.15) is 0 Å². The fourth-order valence-electron chi connectivity index (χ4n) is 2.50. The number of carbonyl (C=O) groups excluding carboxylic acids is 2. The highest BCUT2D eigenvalue weighted by Crippen LogP contribution is 2.25. The Bertz CT molecular complexity index is 543. The molecule has 2 rings (SSSR count). The van der Waals surface area contributed by atoms with E-state index in [-0.39, 0.29) is 23.8 Å². The third-order valence-corrected chi connectivity index (χ3v) is 5.00. The van der Waals surface area contributed by atoms with Crippen LogP contribution in [0.5, 0.6) is 0 Å². The number of rotatable bonds is 5. The molecule has 5 heteroatoms. The number of nitrogens with one attached hydrogen (secondary N) is 1. The van der Waals surface area contributed by atoms with E-state index in [1.807, 2.05) is 17.0 Å². The van der Waals surface area contributed by atoms with Gasteiger partial charge in [0, 0.05) is 18.0 Å². The van der Waals surface area contributed by atoms with Gasteiger partial charge < -0.3 is 10.2 Å². The molecule has 0 saturated carbocycles. The zero-order valence-electron chi connectivity index (χ0n) is 14.2. The molecule has 1 aromatic rings. The summed E-state index contributed by atoms with van der Waals surface area (Å²) < 4.78 is 0. The third-order valence-electron chi connectivity index (χ3n) is 3.99. The fraction of sp³-hybridized carbons (Fsp3) is 0.556. The summed E-state index contributed by atoms with van der Waals surface area (Å²) in [5.74, 6) is 0.264. The second-order valence-electron chi connectivity index (χ2n) is 6.93. The van der Waals surface area contributed by atoms with E-state index in [2.05, 4.69) is 38.2 Å². The third kappa shape index (κ3) is 5.57. The molecule has 1 N–H and O–H groups in total. The van der Waals surface area contributed by atoms with E-state index in [0.717, 1.165) is 30.8 Å². The Morgan fingerprint density at radius 3 is 2.30 bits per heavy atom. The number of benzene rings is 1. The van der Waals surface area contributed by atoms with Crippen LogP contribution in [-0.2, 0) is 15.0 Å².